The summed E-state index contributed by atoms with van der Waals surface area (Å²) in [6, 6.07) is 1.63. The van der Waals surface area contributed by atoms with Crippen molar-refractivity contribution in [2.75, 3.05) is 6.61 Å². The zero-order valence-corrected chi connectivity index (χ0v) is 13.2. The van der Waals surface area contributed by atoms with Crippen molar-refractivity contribution < 1.29 is 14.6 Å². The Morgan fingerprint density at radius 1 is 1.41 bits per heavy atom. The van der Waals surface area contributed by atoms with Gasteiger partial charge in [0, 0.05) is 12.1 Å². The van der Waals surface area contributed by atoms with Crippen LogP contribution in [-0.2, 0) is 16.1 Å². The molecule has 0 aliphatic heterocycles. The summed E-state index contributed by atoms with van der Waals surface area (Å²) in [6.07, 6.45) is 1.02. The number of carbonyl (C=O) groups is 1. The van der Waals surface area contributed by atoms with E-state index in [1.54, 1.807) is 30.5 Å². The molecular formula is C15H21N3O4. The average molecular weight is 307 g/mol. The van der Waals surface area contributed by atoms with E-state index in [0.717, 1.165) is 4.68 Å². The number of hydrogen-bond donors (Lipinski definition) is 1. The van der Waals surface area contributed by atoms with Crippen LogP contribution in [0.25, 0.3) is 5.52 Å². The van der Waals surface area contributed by atoms with Gasteiger partial charge in [0.2, 0.25) is 0 Å². The molecule has 7 heteroatoms. The minimum Gasteiger partial charge on any atom is -0.465 e. The third-order valence-electron chi connectivity index (χ3n) is 3.35. The summed E-state index contributed by atoms with van der Waals surface area (Å²) in [5.74, 6) is 0.190. The zero-order chi connectivity index (χ0) is 16.4. The van der Waals surface area contributed by atoms with Gasteiger partial charge in [0.25, 0.3) is 5.56 Å². The largest absolute Gasteiger partial charge is 0.465 e. The Labute approximate surface area is 128 Å². The van der Waals surface area contributed by atoms with Gasteiger partial charge in [-0.1, -0.05) is 13.8 Å². The van der Waals surface area contributed by atoms with E-state index >= 15 is 0 Å². The van der Waals surface area contributed by atoms with Gasteiger partial charge in [-0.2, -0.15) is 5.10 Å². The minimum atomic E-state index is -0.683. The first-order valence-corrected chi connectivity index (χ1v) is 7.31. The van der Waals surface area contributed by atoms with Crippen molar-refractivity contribution in [1.82, 2.24) is 14.2 Å². The molecule has 0 saturated carbocycles. The second-order valence-corrected chi connectivity index (χ2v) is 5.49. The van der Waals surface area contributed by atoms with Gasteiger partial charge in [-0.15, -0.1) is 0 Å². The summed E-state index contributed by atoms with van der Waals surface area (Å²) in [7, 11) is 0. The van der Waals surface area contributed by atoms with Gasteiger partial charge in [-0.05, 0) is 25.5 Å². The predicted molar refractivity (Wildman–Crippen MR) is 80.8 cm³/mol. The van der Waals surface area contributed by atoms with E-state index < -0.39 is 12.1 Å². The Kier molecular flexibility index (Phi) is 4.65. The summed E-state index contributed by atoms with van der Waals surface area (Å²) >= 11 is 0. The molecule has 0 bridgehead atoms. The number of fused-ring (bicyclic) bond motifs is 1. The normalized spacial score (nSPS) is 12.8. The number of hydrogen-bond acceptors (Lipinski definition) is 5. The number of esters is 1. The highest BCUT2D eigenvalue weighted by atomic mass is 16.5. The van der Waals surface area contributed by atoms with Crippen LogP contribution in [0, 0.1) is 0 Å². The van der Waals surface area contributed by atoms with E-state index in [9.17, 15) is 14.7 Å². The van der Waals surface area contributed by atoms with Crippen molar-refractivity contribution in [2.24, 2.45) is 0 Å². The maximum atomic E-state index is 12.5. The number of aromatic nitrogens is 3. The van der Waals surface area contributed by atoms with E-state index in [0.29, 0.717) is 16.9 Å². The SMILES string of the molecule is CCOC(=O)Cn1nc(C(C)C)n2cc(C(C)O)cc2c1=O. The molecule has 7 nitrogen and oxygen atoms in total. The van der Waals surface area contributed by atoms with E-state index in [-0.39, 0.29) is 24.6 Å². The number of aliphatic hydroxyl groups is 1. The highest BCUT2D eigenvalue weighted by Crippen LogP contribution is 2.19. The molecule has 1 atom stereocenters. The molecule has 0 radical (unpaired) electrons. The van der Waals surface area contributed by atoms with E-state index in [1.807, 2.05) is 13.8 Å². The van der Waals surface area contributed by atoms with Crippen molar-refractivity contribution >= 4 is 11.5 Å². The maximum absolute atomic E-state index is 12.5. The molecule has 22 heavy (non-hydrogen) atoms. The van der Waals surface area contributed by atoms with E-state index in [4.69, 9.17) is 4.74 Å². The number of nitrogens with zero attached hydrogens (tertiary/aromatic N) is 3. The number of ether oxygens (including phenoxy) is 1. The van der Waals surface area contributed by atoms with Crippen molar-refractivity contribution in [3.63, 3.8) is 0 Å². The molecule has 0 saturated heterocycles. The highest BCUT2D eigenvalue weighted by Gasteiger charge is 2.17. The van der Waals surface area contributed by atoms with E-state index in [2.05, 4.69) is 5.10 Å². The Bertz CT molecular complexity index is 743. The minimum absolute atomic E-state index is 0.0470. The average Bonchev–Trinajstić information content (AvgIpc) is 2.87. The molecule has 0 spiro atoms. The highest BCUT2D eigenvalue weighted by molar-refractivity contribution is 5.69. The lowest BCUT2D eigenvalue weighted by molar-refractivity contribution is -0.144. The zero-order valence-electron chi connectivity index (χ0n) is 13.2. The van der Waals surface area contributed by atoms with Crippen LogP contribution in [0.5, 0.6) is 0 Å². The summed E-state index contributed by atoms with van der Waals surface area (Å²) in [5, 5.41) is 14.0. The van der Waals surface area contributed by atoms with Crippen LogP contribution in [0.4, 0.5) is 0 Å². The Hall–Kier alpha value is -2.15. The van der Waals surface area contributed by atoms with Crippen molar-refractivity contribution in [3.05, 3.63) is 34.0 Å². The summed E-state index contributed by atoms with van der Waals surface area (Å²) < 4.78 is 7.67. The molecule has 0 amide bonds. The predicted octanol–water partition coefficient (Wildman–Crippen LogP) is 1.24. The molecule has 1 unspecified atom stereocenters. The van der Waals surface area contributed by atoms with Gasteiger partial charge in [-0.3, -0.25) is 14.0 Å². The first kappa shape index (κ1) is 16.2. The van der Waals surface area contributed by atoms with Crippen LogP contribution in [-0.4, -0.2) is 31.9 Å². The first-order chi connectivity index (χ1) is 10.3. The maximum Gasteiger partial charge on any atom is 0.327 e. The van der Waals surface area contributed by atoms with Gasteiger partial charge in [0.05, 0.1) is 12.7 Å². The van der Waals surface area contributed by atoms with Gasteiger partial charge in [0.15, 0.2) is 0 Å². The molecular weight excluding hydrogens is 286 g/mol. The van der Waals surface area contributed by atoms with Crippen LogP contribution in [0.15, 0.2) is 17.1 Å². The molecule has 0 aromatic carbocycles. The van der Waals surface area contributed by atoms with Crippen LogP contribution < -0.4 is 5.56 Å². The Morgan fingerprint density at radius 2 is 2.09 bits per heavy atom. The molecule has 2 heterocycles. The lowest BCUT2D eigenvalue weighted by Crippen LogP contribution is -2.30. The molecule has 2 rings (SSSR count). The quantitative estimate of drug-likeness (QED) is 0.840. The van der Waals surface area contributed by atoms with Gasteiger partial charge in [-0.25, -0.2) is 4.68 Å². The second-order valence-electron chi connectivity index (χ2n) is 5.49. The number of aliphatic hydroxyl groups excluding tert-OH is 1. The molecule has 120 valence electrons. The fourth-order valence-corrected chi connectivity index (χ4v) is 2.25. The van der Waals surface area contributed by atoms with Gasteiger partial charge < -0.3 is 9.84 Å². The number of carbonyl (C=O) groups excluding carboxylic acids is 1. The lowest BCUT2D eigenvalue weighted by atomic mass is 10.2. The molecule has 0 fully saturated rings. The smallest absolute Gasteiger partial charge is 0.327 e. The summed E-state index contributed by atoms with van der Waals surface area (Å²) in [4.78, 5) is 24.1. The van der Waals surface area contributed by atoms with Crippen LogP contribution in [0.3, 0.4) is 0 Å². The molecule has 1 N–H and O–H groups in total. The molecule has 0 aliphatic rings. The third-order valence-corrected chi connectivity index (χ3v) is 3.35. The lowest BCUT2D eigenvalue weighted by Gasteiger charge is -2.12. The van der Waals surface area contributed by atoms with Crippen LogP contribution in [0.2, 0.25) is 0 Å². The van der Waals surface area contributed by atoms with Crippen LogP contribution >= 0.6 is 0 Å². The molecule has 2 aromatic heterocycles. The monoisotopic (exact) mass is 307 g/mol. The first-order valence-electron chi connectivity index (χ1n) is 7.31. The Balaban J connectivity index is 2.61. The fraction of sp³-hybridized carbons (Fsp3) is 0.533. The van der Waals surface area contributed by atoms with Crippen molar-refractivity contribution in [1.29, 1.82) is 0 Å². The van der Waals surface area contributed by atoms with E-state index in [1.165, 1.54) is 0 Å². The summed E-state index contributed by atoms with van der Waals surface area (Å²) in [6.45, 7) is 7.27. The third kappa shape index (κ3) is 3.04. The molecule has 2 aromatic rings. The summed E-state index contributed by atoms with van der Waals surface area (Å²) in [5.41, 5.74) is 0.637. The number of rotatable bonds is 5. The van der Waals surface area contributed by atoms with Crippen molar-refractivity contribution in [2.45, 2.75) is 46.3 Å². The molecule has 0 aliphatic carbocycles. The topological polar surface area (TPSA) is 85.8 Å². The standard InChI is InChI=1S/C15H21N3O4/c1-5-22-13(20)8-18-15(21)12-6-11(10(4)19)7-17(12)14(16-18)9(2)3/h6-7,9-10,19H,5,8H2,1-4H3. The van der Waals surface area contributed by atoms with Gasteiger partial charge in [0.1, 0.15) is 17.9 Å². The van der Waals surface area contributed by atoms with Crippen molar-refractivity contribution in [3.8, 4) is 0 Å². The fourth-order valence-electron chi connectivity index (χ4n) is 2.25. The van der Waals surface area contributed by atoms with Gasteiger partial charge >= 0.3 is 5.97 Å². The Morgan fingerprint density at radius 3 is 2.64 bits per heavy atom. The second kappa shape index (κ2) is 6.31. The van der Waals surface area contributed by atoms with Crippen LogP contribution in [0.1, 0.15) is 51.1 Å².